The fourth-order valence-electron chi connectivity index (χ4n) is 2.06. The van der Waals surface area contributed by atoms with Crippen LogP contribution in [-0.2, 0) is 6.42 Å². The summed E-state index contributed by atoms with van der Waals surface area (Å²) in [6, 6.07) is 11.8. The molecule has 0 spiro atoms. The predicted molar refractivity (Wildman–Crippen MR) is 82.2 cm³/mol. The van der Waals surface area contributed by atoms with Crippen molar-refractivity contribution in [1.82, 2.24) is 5.32 Å². The van der Waals surface area contributed by atoms with E-state index in [1.807, 2.05) is 18.2 Å². The highest BCUT2D eigenvalue weighted by Crippen LogP contribution is 2.22. The maximum Gasteiger partial charge on any atom is 0.115 e. The van der Waals surface area contributed by atoms with E-state index in [4.69, 9.17) is 11.6 Å². The van der Waals surface area contributed by atoms with E-state index < -0.39 is 0 Å². The molecule has 1 aromatic heterocycles. The molecule has 19 heavy (non-hydrogen) atoms. The van der Waals surface area contributed by atoms with Crippen LogP contribution < -0.4 is 5.32 Å². The third-order valence-electron chi connectivity index (χ3n) is 3.09. The van der Waals surface area contributed by atoms with E-state index in [1.54, 1.807) is 23.5 Å². The summed E-state index contributed by atoms with van der Waals surface area (Å²) in [5.41, 5.74) is 1.21. The number of phenolic OH excluding ortho intramolecular Hbond substituents is 1. The molecule has 0 radical (unpaired) electrons. The normalized spacial score (nSPS) is 12.5. The first-order valence-electron chi connectivity index (χ1n) is 6.45. The van der Waals surface area contributed by atoms with Crippen LogP contribution >= 0.6 is 22.9 Å². The Bertz CT molecular complexity index is 509. The Morgan fingerprint density at radius 3 is 2.53 bits per heavy atom. The minimum Gasteiger partial charge on any atom is -0.508 e. The molecular weight excluding hydrogens is 278 g/mol. The van der Waals surface area contributed by atoms with Crippen LogP contribution in [0.2, 0.25) is 4.34 Å². The molecule has 2 N–H and O–H groups in total. The molecule has 0 aliphatic heterocycles. The van der Waals surface area contributed by atoms with Gasteiger partial charge in [0.2, 0.25) is 0 Å². The number of aromatic hydroxyl groups is 1. The first-order chi connectivity index (χ1) is 9.19. The van der Waals surface area contributed by atoms with Crippen LogP contribution in [0, 0.1) is 0 Å². The average Bonchev–Trinajstić information content (AvgIpc) is 2.82. The molecule has 4 heteroatoms. The molecule has 2 rings (SSSR count). The second-order valence-corrected chi connectivity index (χ2v) is 6.26. The van der Waals surface area contributed by atoms with Crippen molar-refractivity contribution in [2.45, 2.75) is 25.8 Å². The molecule has 2 aromatic rings. The van der Waals surface area contributed by atoms with Gasteiger partial charge in [0.25, 0.3) is 0 Å². The van der Waals surface area contributed by atoms with Gasteiger partial charge in [-0.05, 0) is 42.7 Å². The van der Waals surface area contributed by atoms with Crippen molar-refractivity contribution >= 4 is 22.9 Å². The molecule has 1 atom stereocenters. The van der Waals surface area contributed by atoms with Gasteiger partial charge in [-0.15, -0.1) is 11.3 Å². The maximum atomic E-state index is 9.31. The lowest BCUT2D eigenvalue weighted by molar-refractivity contribution is 0.473. The first-order valence-corrected chi connectivity index (χ1v) is 7.65. The van der Waals surface area contributed by atoms with Crippen molar-refractivity contribution in [1.29, 1.82) is 0 Å². The van der Waals surface area contributed by atoms with Crippen LogP contribution in [0.3, 0.4) is 0 Å². The van der Waals surface area contributed by atoms with Gasteiger partial charge < -0.3 is 10.4 Å². The number of halogens is 1. The van der Waals surface area contributed by atoms with E-state index in [0.29, 0.717) is 11.8 Å². The van der Waals surface area contributed by atoms with Crippen LogP contribution in [0.25, 0.3) is 0 Å². The third-order valence-corrected chi connectivity index (χ3v) is 4.39. The summed E-state index contributed by atoms with van der Waals surface area (Å²) in [6.07, 6.45) is 2.02. The minimum atomic E-state index is 0.312. The Hall–Kier alpha value is -1.03. The Morgan fingerprint density at radius 2 is 1.95 bits per heavy atom. The van der Waals surface area contributed by atoms with E-state index in [9.17, 15) is 5.11 Å². The number of hydrogen-bond donors (Lipinski definition) is 2. The Balaban J connectivity index is 1.87. The van der Waals surface area contributed by atoms with Gasteiger partial charge >= 0.3 is 0 Å². The topological polar surface area (TPSA) is 32.3 Å². The molecule has 1 unspecified atom stereocenters. The fraction of sp³-hybridized carbons (Fsp3) is 0.333. The number of benzene rings is 1. The summed E-state index contributed by atoms with van der Waals surface area (Å²) in [5, 5.41) is 12.9. The molecule has 0 saturated heterocycles. The van der Waals surface area contributed by atoms with Crippen molar-refractivity contribution in [3.05, 3.63) is 51.2 Å². The molecule has 1 aromatic carbocycles. The summed E-state index contributed by atoms with van der Waals surface area (Å²) in [5.74, 6) is 0.312. The van der Waals surface area contributed by atoms with Crippen molar-refractivity contribution < 1.29 is 5.11 Å². The summed E-state index contributed by atoms with van der Waals surface area (Å²) < 4.78 is 0.848. The highest BCUT2D eigenvalue weighted by atomic mass is 35.5. The second-order valence-electron chi connectivity index (χ2n) is 4.46. The van der Waals surface area contributed by atoms with Gasteiger partial charge in [-0.2, -0.15) is 0 Å². The SMILES string of the molecule is CCC(NCCc1ccc(Cl)s1)c1ccc(O)cc1. The molecule has 0 amide bonds. The quantitative estimate of drug-likeness (QED) is 0.828. The Labute approximate surface area is 123 Å². The van der Waals surface area contributed by atoms with Crippen LogP contribution in [0.4, 0.5) is 0 Å². The second kappa shape index (κ2) is 6.94. The molecular formula is C15H18ClNOS. The zero-order valence-corrected chi connectivity index (χ0v) is 12.5. The number of rotatable bonds is 6. The van der Waals surface area contributed by atoms with Crippen molar-refractivity contribution in [3.8, 4) is 5.75 Å². The minimum absolute atomic E-state index is 0.312. The Kier molecular flexibility index (Phi) is 5.25. The molecule has 0 aliphatic carbocycles. The van der Waals surface area contributed by atoms with Gasteiger partial charge in [0.1, 0.15) is 5.75 Å². The van der Waals surface area contributed by atoms with E-state index in [2.05, 4.69) is 18.3 Å². The van der Waals surface area contributed by atoms with E-state index >= 15 is 0 Å². The zero-order valence-electron chi connectivity index (χ0n) is 10.9. The van der Waals surface area contributed by atoms with Gasteiger partial charge in [-0.3, -0.25) is 0 Å². The van der Waals surface area contributed by atoms with E-state index in [-0.39, 0.29) is 0 Å². The average molecular weight is 296 g/mol. The summed E-state index contributed by atoms with van der Waals surface area (Å²) in [4.78, 5) is 1.30. The zero-order chi connectivity index (χ0) is 13.7. The number of hydrogen-bond acceptors (Lipinski definition) is 3. The van der Waals surface area contributed by atoms with Gasteiger partial charge in [-0.1, -0.05) is 30.7 Å². The van der Waals surface area contributed by atoms with Gasteiger partial charge in [0.05, 0.1) is 4.34 Å². The lowest BCUT2D eigenvalue weighted by Crippen LogP contribution is -2.22. The van der Waals surface area contributed by atoms with Crippen LogP contribution in [0.15, 0.2) is 36.4 Å². The van der Waals surface area contributed by atoms with Crippen molar-refractivity contribution in [2.75, 3.05) is 6.54 Å². The van der Waals surface area contributed by atoms with E-state index in [0.717, 1.165) is 23.7 Å². The standard InChI is InChI=1S/C15H18ClNOS/c1-2-14(11-3-5-12(18)6-4-11)17-10-9-13-7-8-15(16)19-13/h3-8,14,17-18H,2,9-10H2,1H3. The van der Waals surface area contributed by atoms with Crippen molar-refractivity contribution in [2.24, 2.45) is 0 Å². The van der Waals surface area contributed by atoms with Crippen LogP contribution in [-0.4, -0.2) is 11.7 Å². The fourth-order valence-corrected chi connectivity index (χ4v) is 3.15. The maximum absolute atomic E-state index is 9.31. The number of nitrogens with one attached hydrogen (secondary N) is 1. The molecule has 0 bridgehead atoms. The van der Waals surface area contributed by atoms with Crippen LogP contribution in [0.1, 0.15) is 29.8 Å². The molecule has 0 saturated carbocycles. The third kappa shape index (κ3) is 4.23. The first kappa shape index (κ1) is 14.4. The number of phenols is 1. The summed E-state index contributed by atoms with van der Waals surface area (Å²) >= 11 is 7.55. The van der Waals surface area contributed by atoms with Gasteiger partial charge in [0, 0.05) is 17.5 Å². The lowest BCUT2D eigenvalue weighted by atomic mass is 10.0. The number of thiophene rings is 1. The van der Waals surface area contributed by atoms with Gasteiger partial charge in [0.15, 0.2) is 0 Å². The lowest BCUT2D eigenvalue weighted by Gasteiger charge is -2.17. The van der Waals surface area contributed by atoms with Gasteiger partial charge in [-0.25, -0.2) is 0 Å². The molecule has 0 fully saturated rings. The predicted octanol–water partition coefficient (Wildman–Crippen LogP) is 4.39. The molecule has 2 nitrogen and oxygen atoms in total. The molecule has 102 valence electrons. The van der Waals surface area contributed by atoms with Crippen molar-refractivity contribution in [3.63, 3.8) is 0 Å². The molecule has 1 heterocycles. The molecule has 0 aliphatic rings. The highest BCUT2D eigenvalue weighted by molar-refractivity contribution is 7.16. The van der Waals surface area contributed by atoms with E-state index in [1.165, 1.54) is 10.4 Å². The van der Waals surface area contributed by atoms with Crippen LogP contribution in [0.5, 0.6) is 5.75 Å². The summed E-state index contributed by atoms with van der Waals surface area (Å²) in [6.45, 7) is 3.09. The smallest absolute Gasteiger partial charge is 0.115 e. The largest absolute Gasteiger partial charge is 0.508 e. The highest BCUT2D eigenvalue weighted by Gasteiger charge is 2.08. The Morgan fingerprint density at radius 1 is 1.21 bits per heavy atom. The monoisotopic (exact) mass is 295 g/mol. The summed E-state index contributed by atoms with van der Waals surface area (Å²) in [7, 11) is 0.